The van der Waals surface area contributed by atoms with Gasteiger partial charge in [-0.25, -0.2) is 4.79 Å². The molecule has 3 aromatic heterocycles. The lowest BCUT2D eigenvalue weighted by molar-refractivity contribution is -0.135. The highest BCUT2D eigenvalue weighted by Gasteiger charge is 2.46. The Morgan fingerprint density at radius 2 is 1.65 bits per heavy atom. The largest absolute Gasteiger partial charge is 0.496 e. The number of para-hydroxylation sites is 1. The number of amides is 2. The number of aryl methyl sites for hydroxylation is 2. The fourth-order valence-electron chi connectivity index (χ4n) is 9.07. The third kappa shape index (κ3) is 5.59. The molecule has 4 aliphatic rings. The lowest BCUT2D eigenvalue weighted by atomic mass is 9.71. The Morgan fingerprint density at radius 1 is 0.926 bits per heavy atom. The van der Waals surface area contributed by atoms with E-state index in [2.05, 4.69) is 44.4 Å². The number of ether oxygens (including phenoxy) is 2. The number of benzene rings is 2. The molecule has 6 heterocycles. The van der Waals surface area contributed by atoms with Crippen molar-refractivity contribution in [2.24, 2.45) is 19.5 Å². The van der Waals surface area contributed by atoms with Gasteiger partial charge in [0, 0.05) is 75.1 Å². The number of methoxy groups -OCH3 is 2. The lowest BCUT2D eigenvalue weighted by Crippen LogP contribution is -2.60. The maximum atomic E-state index is 13.5. The summed E-state index contributed by atoms with van der Waals surface area (Å²) in [5.41, 5.74) is 6.28. The normalized spacial score (nSPS) is 20.1. The van der Waals surface area contributed by atoms with E-state index < -0.39 is 11.9 Å². The lowest BCUT2D eigenvalue weighted by Gasteiger charge is -2.55. The number of imidazole rings is 1. The van der Waals surface area contributed by atoms with E-state index in [1.165, 1.54) is 0 Å². The first-order valence-electron chi connectivity index (χ1n) is 18.8. The Hall–Kier alpha value is -5.43. The van der Waals surface area contributed by atoms with Crippen molar-refractivity contribution in [2.45, 2.75) is 57.0 Å². The van der Waals surface area contributed by atoms with Gasteiger partial charge >= 0.3 is 5.69 Å². The minimum atomic E-state index is -0.708. The summed E-state index contributed by atoms with van der Waals surface area (Å²) in [4.78, 5) is 60.5. The van der Waals surface area contributed by atoms with Crippen molar-refractivity contribution in [3.8, 4) is 22.6 Å². The van der Waals surface area contributed by atoms with Crippen LogP contribution in [0.2, 0.25) is 0 Å². The predicted molar refractivity (Wildman–Crippen MR) is 205 cm³/mol. The molecule has 2 aromatic carbocycles. The van der Waals surface area contributed by atoms with Gasteiger partial charge in [-0.3, -0.25) is 38.7 Å². The SMILES string of the molecule is COc1cc(-c2cn(C)c(=O)c3cnc(C4CC4)cc23)cc(OC)c1CN1CCC2(CC1)CN(c1cccc3c1n(C)c(=O)n3C1CCC(=O)NC1=O)C2. The molecule has 13 heteroatoms. The number of rotatable bonds is 8. The van der Waals surface area contributed by atoms with Crippen LogP contribution in [-0.4, -0.2) is 75.8 Å². The fraction of sp³-hybridized carbons (Fsp3) is 0.439. The van der Waals surface area contributed by atoms with E-state index >= 15 is 0 Å². The summed E-state index contributed by atoms with van der Waals surface area (Å²) in [5, 5.41) is 3.89. The molecule has 1 N–H and O–H groups in total. The second-order valence-corrected chi connectivity index (χ2v) is 15.7. The zero-order valence-corrected chi connectivity index (χ0v) is 31.2. The summed E-state index contributed by atoms with van der Waals surface area (Å²) in [7, 11) is 6.92. The highest BCUT2D eigenvalue weighted by atomic mass is 16.5. The number of aromatic nitrogens is 4. The van der Waals surface area contributed by atoms with Gasteiger partial charge in [0.05, 0.1) is 41.9 Å². The molecule has 0 bridgehead atoms. The first-order chi connectivity index (χ1) is 26.1. The molecule has 9 rings (SSSR count). The zero-order valence-electron chi connectivity index (χ0n) is 31.2. The number of nitrogens with zero attached hydrogens (tertiary/aromatic N) is 6. The van der Waals surface area contributed by atoms with Crippen LogP contribution in [0.25, 0.3) is 32.9 Å². The second-order valence-electron chi connectivity index (χ2n) is 15.7. The molecule has 2 amide bonds. The monoisotopic (exact) mass is 731 g/mol. The minimum Gasteiger partial charge on any atom is -0.496 e. The second kappa shape index (κ2) is 12.9. The van der Waals surface area contributed by atoms with E-state index in [0.29, 0.717) is 29.8 Å². The number of hydrogen-bond donors (Lipinski definition) is 1. The van der Waals surface area contributed by atoms with Gasteiger partial charge in [-0.2, -0.15) is 0 Å². The van der Waals surface area contributed by atoms with Gasteiger partial charge in [-0.15, -0.1) is 0 Å². The number of hydrogen-bond acceptors (Lipinski definition) is 9. The molecular formula is C41H45N7O6. The quantitative estimate of drug-likeness (QED) is 0.233. The van der Waals surface area contributed by atoms with Gasteiger partial charge in [0.25, 0.3) is 5.56 Å². The summed E-state index contributed by atoms with van der Waals surface area (Å²) in [6.45, 7) is 4.33. The van der Waals surface area contributed by atoms with E-state index in [4.69, 9.17) is 9.47 Å². The van der Waals surface area contributed by atoms with Crippen molar-refractivity contribution in [1.82, 2.24) is 28.9 Å². The van der Waals surface area contributed by atoms with Gasteiger partial charge in [0.15, 0.2) is 0 Å². The zero-order chi connectivity index (χ0) is 37.5. The first kappa shape index (κ1) is 34.3. The highest BCUT2D eigenvalue weighted by Crippen LogP contribution is 2.46. The summed E-state index contributed by atoms with van der Waals surface area (Å²) in [6.07, 6.45) is 8.49. The van der Waals surface area contributed by atoms with E-state index in [1.807, 2.05) is 18.3 Å². The van der Waals surface area contributed by atoms with Crippen molar-refractivity contribution < 1.29 is 19.1 Å². The van der Waals surface area contributed by atoms with Gasteiger partial charge in [-0.05, 0) is 86.5 Å². The molecule has 280 valence electrons. The number of fused-ring (bicyclic) bond motifs is 2. The van der Waals surface area contributed by atoms with E-state index in [1.54, 1.807) is 48.2 Å². The Morgan fingerprint density at radius 3 is 2.31 bits per heavy atom. The maximum absolute atomic E-state index is 13.5. The number of carbonyl (C=O) groups is 2. The third-order valence-electron chi connectivity index (χ3n) is 12.3. The van der Waals surface area contributed by atoms with Gasteiger partial charge in [0.1, 0.15) is 17.5 Å². The molecule has 3 saturated heterocycles. The maximum Gasteiger partial charge on any atom is 0.329 e. The Labute approximate surface area is 312 Å². The average molecular weight is 732 g/mol. The number of nitrogens with one attached hydrogen (secondary N) is 1. The number of piperidine rings is 2. The highest BCUT2D eigenvalue weighted by molar-refractivity contribution is 6.01. The fourth-order valence-corrected chi connectivity index (χ4v) is 9.07. The van der Waals surface area contributed by atoms with Gasteiger partial charge in [-0.1, -0.05) is 6.07 Å². The molecule has 0 radical (unpaired) electrons. The number of pyridine rings is 2. The van der Waals surface area contributed by atoms with Crippen molar-refractivity contribution in [3.63, 3.8) is 0 Å². The summed E-state index contributed by atoms with van der Waals surface area (Å²) in [6, 6.07) is 11.4. The smallest absolute Gasteiger partial charge is 0.329 e. The van der Waals surface area contributed by atoms with E-state index in [9.17, 15) is 19.2 Å². The molecule has 4 fully saturated rings. The van der Waals surface area contributed by atoms with Crippen LogP contribution in [-0.2, 0) is 30.2 Å². The Balaban J connectivity index is 0.926. The topological polar surface area (TPSA) is 133 Å². The molecular weight excluding hydrogens is 686 g/mol. The van der Waals surface area contributed by atoms with Crippen LogP contribution < -0.4 is 30.9 Å². The Kier molecular flexibility index (Phi) is 8.18. The van der Waals surface area contributed by atoms with Crippen molar-refractivity contribution in [1.29, 1.82) is 0 Å². The molecule has 54 heavy (non-hydrogen) atoms. The van der Waals surface area contributed by atoms with E-state index in [0.717, 1.165) is 102 Å². The summed E-state index contributed by atoms with van der Waals surface area (Å²) >= 11 is 0. The third-order valence-corrected chi connectivity index (χ3v) is 12.3. The van der Waals surface area contributed by atoms with Crippen LogP contribution in [0, 0.1) is 5.41 Å². The number of likely N-dealkylation sites (tertiary alicyclic amines) is 1. The molecule has 1 spiro atoms. The van der Waals surface area contributed by atoms with Crippen LogP contribution in [0.3, 0.4) is 0 Å². The van der Waals surface area contributed by atoms with Crippen LogP contribution in [0.4, 0.5) is 5.69 Å². The van der Waals surface area contributed by atoms with Crippen LogP contribution >= 0.6 is 0 Å². The van der Waals surface area contributed by atoms with E-state index in [-0.39, 0.29) is 29.0 Å². The summed E-state index contributed by atoms with van der Waals surface area (Å²) in [5.74, 6) is 1.24. The van der Waals surface area contributed by atoms with Gasteiger partial charge in [0.2, 0.25) is 11.8 Å². The summed E-state index contributed by atoms with van der Waals surface area (Å²) < 4.78 is 16.8. The minimum absolute atomic E-state index is 0.0665. The molecule has 1 saturated carbocycles. The first-order valence-corrected chi connectivity index (χ1v) is 18.8. The molecule has 13 nitrogen and oxygen atoms in total. The van der Waals surface area contributed by atoms with Gasteiger partial charge < -0.3 is 18.9 Å². The number of anilines is 1. The molecule has 1 atom stereocenters. The average Bonchev–Trinajstić information content (AvgIpc) is 3.98. The standard InChI is InChI=1S/C41H45N7O6/c1-44-20-28(26-18-30(24-8-9-24)42-19-27(26)39(44)51)25-16-34(53-3)29(35(17-25)54-4)21-46-14-12-41(13-15-46)22-47(23-41)31-6-5-7-32-37(31)45(2)40(52)48(32)33-10-11-36(49)43-38(33)50/h5-7,16-20,24,33H,8-15,21-23H2,1-4H3,(H,43,49,50). The molecule has 1 aliphatic carbocycles. The van der Waals surface area contributed by atoms with Crippen molar-refractivity contribution in [2.75, 3.05) is 45.3 Å². The van der Waals surface area contributed by atoms with Crippen LogP contribution in [0.15, 0.2) is 58.4 Å². The molecule has 5 aromatic rings. The van der Waals surface area contributed by atoms with Crippen LogP contribution in [0.5, 0.6) is 11.5 Å². The predicted octanol–water partition coefficient (Wildman–Crippen LogP) is 4.23. The van der Waals surface area contributed by atoms with Crippen molar-refractivity contribution in [3.05, 3.63) is 80.9 Å². The molecule has 3 aliphatic heterocycles. The Bertz CT molecular complexity index is 2450. The number of carbonyl (C=O) groups excluding carboxylic acids is 2. The van der Waals surface area contributed by atoms with Crippen LogP contribution in [0.1, 0.15) is 61.7 Å². The molecule has 1 unspecified atom stereocenters. The van der Waals surface area contributed by atoms with Crippen molar-refractivity contribution >= 4 is 39.3 Å². The number of imide groups is 1.